The number of amides is 2. The maximum Gasteiger partial charge on any atom is 0.411 e. The molecule has 1 saturated heterocycles. The number of hydrogen-bond acceptors (Lipinski definition) is 6. The van der Waals surface area contributed by atoms with Crippen LogP contribution in [0, 0.1) is 23.1 Å². The summed E-state index contributed by atoms with van der Waals surface area (Å²) >= 11 is 0. The molecule has 1 heterocycles. The smallest absolute Gasteiger partial charge is 0.411 e. The van der Waals surface area contributed by atoms with Crippen LogP contribution in [-0.4, -0.2) is 49.2 Å². The van der Waals surface area contributed by atoms with E-state index in [0.29, 0.717) is 34.6 Å². The first-order valence-electron chi connectivity index (χ1n) is 17.0. The molecule has 2 amide bonds. The van der Waals surface area contributed by atoms with Gasteiger partial charge in [0.15, 0.2) is 0 Å². The summed E-state index contributed by atoms with van der Waals surface area (Å²) in [7, 11) is -1.58. The third-order valence-electron chi connectivity index (χ3n) is 9.23. The van der Waals surface area contributed by atoms with Crippen LogP contribution in [0.1, 0.15) is 95.9 Å². The lowest BCUT2D eigenvalue weighted by Crippen LogP contribution is -2.49. The van der Waals surface area contributed by atoms with Gasteiger partial charge in [-0.25, -0.2) is 18.1 Å². The lowest BCUT2D eigenvalue weighted by Gasteiger charge is -2.38. The summed E-state index contributed by atoms with van der Waals surface area (Å²) in [5.41, 5.74) is -1.45. The number of nitrogens with zero attached hydrogens (tertiary/aromatic N) is 2. The molecule has 0 spiro atoms. The van der Waals surface area contributed by atoms with Crippen molar-refractivity contribution in [3.63, 3.8) is 0 Å². The van der Waals surface area contributed by atoms with E-state index < -0.39 is 56.3 Å². The summed E-state index contributed by atoms with van der Waals surface area (Å²) in [6, 6.07) is 21.3. The van der Waals surface area contributed by atoms with E-state index in [9.17, 15) is 24.2 Å². The van der Waals surface area contributed by atoms with Gasteiger partial charge in [0, 0.05) is 6.42 Å². The summed E-state index contributed by atoms with van der Waals surface area (Å²) in [6.07, 6.45) is 2.58. The molecule has 3 N–H and O–H groups in total. The van der Waals surface area contributed by atoms with Crippen LogP contribution in [0.5, 0.6) is 0 Å². The SMILES string of the molecule is CC(C)(C)OC(=O)N1C[C@@](O)(c2ccccc2)C[C@@H]1C(=O)Nc1cc(C(CCC2CC2)(N[S@](=O)C(C)(C)C)c2cccc(C#N)c2)ccc1F. The first-order chi connectivity index (χ1) is 23.4. The topological polar surface area (TPSA) is 132 Å². The Morgan fingerprint density at radius 2 is 1.70 bits per heavy atom. The highest BCUT2D eigenvalue weighted by atomic mass is 32.2. The third-order valence-corrected chi connectivity index (χ3v) is 10.9. The number of ether oxygens (including phenoxy) is 1. The fraction of sp³-hybridized carbons (Fsp3) is 0.462. The summed E-state index contributed by atoms with van der Waals surface area (Å²) < 4.78 is 37.9. The molecular weight excluding hydrogens is 656 g/mol. The van der Waals surface area contributed by atoms with E-state index in [-0.39, 0.29) is 18.7 Å². The van der Waals surface area contributed by atoms with Crippen LogP contribution in [0.4, 0.5) is 14.9 Å². The number of carbonyl (C=O) groups excluding carboxylic acids is 2. The molecule has 2 fully saturated rings. The highest BCUT2D eigenvalue weighted by molar-refractivity contribution is 7.84. The Bertz CT molecular complexity index is 1800. The monoisotopic (exact) mass is 702 g/mol. The number of benzene rings is 3. The van der Waals surface area contributed by atoms with Crippen molar-refractivity contribution in [3.05, 3.63) is 101 Å². The third kappa shape index (κ3) is 8.43. The van der Waals surface area contributed by atoms with Crippen LogP contribution in [-0.2, 0) is 31.7 Å². The Morgan fingerprint density at radius 3 is 2.32 bits per heavy atom. The van der Waals surface area contributed by atoms with E-state index >= 15 is 4.39 Å². The van der Waals surface area contributed by atoms with E-state index in [2.05, 4.69) is 16.1 Å². The van der Waals surface area contributed by atoms with Crippen molar-refractivity contribution >= 4 is 28.7 Å². The molecule has 3 aromatic carbocycles. The minimum Gasteiger partial charge on any atom is -0.444 e. The number of β-amino-alcohol motifs (C(OH)–C–C–N with tert-alkyl or cyclic N) is 1. The van der Waals surface area contributed by atoms with Crippen molar-refractivity contribution in [1.29, 1.82) is 5.26 Å². The summed E-state index contributed by atoms with van der Waals surface area (Å²) in [5, 5.41) is 24.2. The first kappa shape index (κ1) is 37.2. The van der Waals surface area contributed by atoms with Gasteiger partial charge in [-0.3, -0.25) is 9.69 Å². The summed E-state index contributed by atoms with van der Waals surface area (Å²) in [6.45, 7) is 10.5. The number of rotatable bonds is 10. The Labute approximate surface area is 296 Å². The van der Waals surface area contributed by atoms with Crippen LogP contribution in [0.15, 0.2) is 72.8 Å². The summed E-state index contributed by atoms with van der Waals surface area (Å²) in [5.74, 6) is -0.899. The maximum absolute atomic E-state index is 15.7. The van der Waals surface area contributed by atoms with Gasteiger partial charge in [0.25, 0.3) is 0 Å². The van der Waals surface area contributed by atoms with Gasteiger partial charge in [0.05, 0.1) is 45.1 Å². The molecule has 3 aromatic rings. The Balaban J connectivity index is 1.55. The van der Waals surface area contributed by atoms with E-state index in [1.54, 1.807) is 75.4 Å². The van der Waals surface area contributed by atoms with E-state index in [4.69, 9.17) is 4.74 Å². The second-order valence-electron chi connectivity index (χ2n) is 15.5. The zero-order chi connectivity index (χ0) is 36.5. The molecule has 0 bridgehead atoms. The van der Waals surface area contributed by atoms with Crippen molar-refractivity contribution in [2.24, 2.45) is 5.92 Å². The van der Waals surface area contributed by atoms with Gasteiger partial charge in [-0.15, -0.1) is 0 Å². The average molecular weight is 703 g/mol. The summed E-state index contributed by atoms with van der Waals surface area (Å²) in [4.78, 5) is 28.7. The second-order valence-corrected chi connectivity index (χ2v) is 17.4. The number of anilines is 1. The van der Waals surface area contributed by atoms with E-state index in [1.165, 1.54) is 17.0 Å². The normalized spacial score (nSPS) is 21.2. The number of nitriles is 1. The van der Waals surface area contributed by atoms with Crippen LogP contribution >= 0.6 is 0 Å². The molecule has 4 atom stereocenters. The largest absolute Gasteiger partial charge is 0.444 e. The van der Waals surface area contributed by atoms with Crippen molar-refractivity contribution in [2.45, 2.75) is 101 Å². The second kappa shape index (κ2) is 14.3. The van der Waals surface area contributed by atoms with Gasteiger partial charge in [0.2, 0.25) is 5.91 Å². The predicted octanol–water partition coefficient (Wildman–Crippen LogP) is 7.02. The maximum atomic E-state index is 15.7. The van der Waals surface area contributed by atoms with Gasteiger partial charge in [-0.1, -0.05) is 61.4 Å². The molecule has 1 saturated carbocycles. The first-order valence-corrected chi connectivity index (χ1v) is 18.2. The lowest BCUT2D eigenvalue weighted by atomic mass is 9.79. The molecule has 0 aromatic heterocycles. The quantitative estimate of drug-likeness (QED) is 0.208. The molecule has 11 heteroatoms. The zero-order valence-electron chi connectivity index (χ0n) is 29.6. The lowest BCUT2D eigenvalue weighted by molar-refractivity contribution is -0.120. The fourth-order valence-corrected chi connectivity index (χ4v) is 7.27. The number of nitrogens with one attached hydrogen (secondary N) is 2. The highest BCUT2D eigenvalue weighted by Crippen LogP contribution is 2.43. The van der Waals surface area contributed by atoms with Gasteiger partial charge in [-0.05, 0) is 101 Å². The number of likely N-dealkylation sites (tertiary alicyclic amines) is 1. The van der Waals surface area contributed by atoms with E-state index in [0.717, 1.165) is 19.3 Å². The standard InChI is InChI=1S/C39H47FN4O5S/c1-36(2,3)49-35(46)44-25-38(47,28-12-8-7-9-13-28)23-33(44)34(45)42-32-22-30(17-18-31(32)40)39(20-19-26-15-16-26,43-50(48)37(4,5)6)29-14-10-11-27(21-29)24-41/h7-14,17-18,21-22,26,33,43,47H,15-16,19-20,23,25H2,1-6H3,(H,42,45)/t33-,38-,39?,50-/m1/s1. The highest BCUT2D eigenvalue weighted by Gasteiger charge is 2.50. The molecule has 9 nitrogen and oxygen atoms in total. The van der Waals surface area contributed by atoms with Gasteiger partial charge in [0.1, 0.15) is 23.1 Å². The minimum atomic E-state index is -1.58. The number of halogens is 1. The van der Waals surface area contributed by atoms with Crippen LogP contribution in [0.3, 0.4) is 0 Å². The average Bonchev–Trinajstić information content (AvgIpc) is 3.82. The molecule has 1 unspecified atom stereocenters. The zero-order valence-corrected chi connectivity index (χ0v) is 30.4. The van der Waals surface area contributed by atoms with Gasteiger partial charge < -0.3 is 15.2 Å². The molecule has 266 valence electrons. The number of hydrogen-bond donors (Lipinski definition) is 3. The minimum absolute atomic E-state index is 0.137. The Hall–Kier alpha value is -4.11. The van der Waals surface area contributed by atoms with Gasteiger partial charge >= 0.3 is 6.09 Å². The van der Waals surface area contributed by atoms with Gasteiger partial charge in [-0.2, -0.15) is 5.26 Å². The molecule has 1 aliphatic carbocycles. The molecular formula is C39H47FN4O5S. The molecule has 1 aliphatic heterocycles. The molecule has 0 radical (unpaired) electrons. The molecule has 50 heavy (non-hydrogen) atoms. The van der Waals surface area contributed by atoms with Crippen molar-refractivity contribution < 1.29 is 28.0 Å². The number of carbonyl (C=O) groups is 2. The Kier molecular flexibility index (Phi) is 10.6. The molecule has 2 aliphatic rings. The predicted molar refractivity (Wildman–Crippen MR) is 192 cm³/mol. The van der Waals surface area contributed by atoms with Crippen molar-refractivity contribution in [1.82, 2.24) is 9.62 Å². The van der Waals surface area contributed by atoms with Crippen molar-refractivity contribution in [2.75, 3.05) is 11.9 Å². The Morgan fingerprint density at radius 1 is 1.02 bits per heavy atom. The van der Waals surface area contributed by atoms with Crippen LogP contribution < -0.4 is 10.0 Å². The van der Waals surface area contributed by atoms with Crippen molar-refractivity contribution in [3.8, 4) is 6.07 Å². The molecule has 5 rings (SSSR count). The van der Waals surface area contributed by atoms with E-state index in [1.807, 2.05) is 26.8 Å². The fourth-order valence-electron chi connectivity index (χ4n) is 6.31. The number of aliphatic hydroxyl groups is 1. The van der Waals surface area contributed by atoms with Crippen LogP contribution in [0.2, 0.25) is 0 Å². The van der Waals surface area contributed by atoms with Crippen LogP contribution in [0.25, 0.3) is 0 Å².